The van der Waals surface area contributed by atoms with Gasteiger partial charge in [-0.25, -0.2) is 8.78 Å². The number of amides is 1. The van der Waals surface area contributed by atoms with Crippen molar-refractivity contribution in [2.24, 2.45) is 0 Å². The molecule has 0 heterocycles. The van der Waals surface area contributed by atoms with Crippen LogP contribution in [0.25, 0.3) is 0 Å². The van der Waals surface area contributed by atoms with Crippen LogP contribution in [0.3, 0.4) is 0 Å². The molecule has 0 aliphatic rings. The second kappa shape index (κ2) is 9.25. The quantitative estimate of drug-likeness (QED) is 0.538. The summed E-state index contributed by atoms with van der Waals surface area (Å²) in [6.07, 6.45) is 1.42. The lowest BCUT2D eigenvalue weighted by Gasteiger charge is -2.08. The molecule has 118 valence electrons. The van der Waals surface area contributed by atoms with Gasteiger partial charge in [0, 0.05) is 20.3 Å². The molecule has 1 rings (SSSR count). The molecule has 5 nitrogen and oxygen atoms in total. The highest BCUT2D eigenvalue weighted by molar-refractivity contribution is 5.95. The zero-order valence-electron chi connectivity index (χ0n) is 12.0. The van der Waals surface area contributed by atoms with Crippen LogP contribution < -0.4 is 11.1 Å². The number of rotatable bonds is 9. The van der Waals surface area contributed by atoms with E-state index < -0.39 is 17.5 Å². The summed E-state index contributed by atoms with van der Waals surface area (Å²) in [5.74, 6) is -2.33. The number of carbonyl (C=O) groups excluding carboxylic acids is 1. The highest BCUT2D eigenvalue weighted by Gasteiger charge is 2.15. The van der Waals surface area contributed by atoms with Crippen molar-refractivity contribution in [2.45, 2.75) is 12.8 Å². The van der Waals surface area contributed by atoms with Crippen LogP contribution in [0.4, 0.5) is 14.5 Å². The number of ether oxygens (including phenoxy) is 2. The Bertz CT molecular complexity index is 470. The van der Waals surface area contributed by atoms with Crippen molar-refractivity contribution < 1.29 is 23.0 Å². The van der Waals surface area contributed by atoms with E-state index in [2.05, 4.69) is 5.32 Å². The van der Waals surface area contributed by atoms with Gasteiger partial charge in [0.1, 0.15) is 5.82 Å². The fourth-order valence-corrected chi connectivity index (χ4v) is 1.65. The Labute approximate surface area is 122 Å². The van der Waals surface area contributed by atoms with Crippen LogP contribution >= 0.6 is 0 Å². The maximum atomic E-state index is 13.6. The van der Waals surface area contributed by atoms with E-state index >= 15 is 0 Å². The molecule has 0 fully saturated rings. The molecule has 0 spiro atoms. The fraction of sp³-hybridized carbons (Fsp3) is 0.500. The van der Waals surface area contributed by atoms with Crippen LogP contribution in [0.5, 0.6) is 0 Å². The van der Waals surface area contributed by atoms with Crippen LogP contribution in [-0.4, -0.2) is 39.4 Å². The molecule has 0 bridgehead atoms. The largest absolute Gasteiger partial charge is 0.396 e. The second-order valence-electron chi connectivity index (χ2n) is 4.42. The Morgan fingerprint density at radius 1 is 1.24 bits per heavy atom. The third-order valence-electron chi connectivity index (χ3n) is 2.74. The number of hydrogen-bond acceptors (Lipinski definition) is 4. The first-order chi connectivity index (χ1) is 10.1. The Kier molecular flexibility index (Phi) is 7.63. The molecule has 0 saturated heterocycles. The number of nitrogen functional groups attached to an aromatic ring is 1. The van der Waals surface area contributed by atoms with Crippen LogP contribution in [0.1, 0.15) is 23.2 Å². The summed E-state index contributed by atoms with van der Waals surface area (Å²) in [4.78, 5) is 11.7. The van der Waals surface area contributed by atoms with Crippen molar-refractivity contribution in [1.29, 1.82) is 0 Å². The van der Waals surface area contributed by atoms with E-state index in [0.717, 1.165) is 18.6 Å². The zero-order valence-corrected chi connectivity index (χ0v) is 12.0. The fourth-order valence-electron chi connectivity index (χ4n) is 1.65. The molecule has 0 unspecified atom stereocenters. The van der Waals surface area contributed by atoms with Crippen molar-refractivity contribution >= 4 is 11.6 Å². The molecular formula is C14H20F2N2O3. The Hall–Kier alpha value is -1.73. The summed E-state index contributed by atoms with van der Waals surface area (Å²) in [7, 11) is 1.59. The number of nitrogens with two attached hydrogens (primary N) is 1. The molecule has 3 N–H and O–H groups in total. The van der Waals surface area contributed by atoms with Crippen LogP contribution in [0.2, 0.25) is 0 Å². The number of nitrogens with one attached hydrogen (secondary N) is 1. The van der Waals surface area contributed by atoms with Crippen LogP contribution in [-0.2, 0) is 9.47 Å². The van der Waals surface area contributed by atoms with Crippen LogP contribution in [0.15, 0.2) is 12.1 Å². The van der Waals surface area contributed by atoms with Gasteiger partial charge in [-0.1, -0.05) is 0 Å². The van der Waals surface area contributed by atoms with E-state index in [4.69, 9.17) is 15.2 Å². The summed E-state index contributed by atoms with van der Waals surface area (Å²) >= 11 is 0. The molecule has 0 saturated carbocycles. The van der Waals surface area contributed by atoms with E-state index in [1.807, 2.05) is 0 Å². The van der Waals surface area contributed by atoms with Crippen molar-refractivity contribution in [3.8, 4) is 0 Å². The van der Waals surface area contributed by atoms with Crippen LogP contribution in [0, 0.1) is 11.6 Å². The minimum Gasteiger partial charge on any atom is -0.396 e. The Morgan fingerprint density at radius 2 is 2.00 bits per heavy atom. The SMILES string of the molecule is COCCOCCCCNC(=O)c1cc(F)cc(N)c1F. The van der Waals surface area contributed by atoms with Gasteiger partial charge in [0.25, 0.3) is 5.91 Å². The van der Waals surface area contributed by atoms with Gasteiger partial charge in [-0.15, -0.1) is 0 Å². The van der Waals surface area contributed by atoms with Crippen molar-refractivity contribution in [3.63, 3.8) is 0 Å². The molecule has 0 aliphatic heterocycles. The molecule has 1 amide bonds. The number of benzene rings is 1. The summed E-state index contributed by atoms with van der Waals surface area (Å²) in [6.45, 7) is 1.97. The Morgan fingerprint density at radius 3 is 2.71 bits per heavy atom. The zero-order chi connectivity index (χ0) is 15.7. The van der Waals surface area contributed by atoms with E-state index in [1.54, 1.807) is 7.11 Å². The predicted molar refractivity (Wildman–Crippen MR) is 75.0 cm³/mol. The number of anilines is 1. The van der Waals surface area contributed by atoms with E-state index in [0.29, 0.717) is 32.8 Å². The maximum absolute atomic E-state index is 13.6. The average molecular weight is 302 g/mol. The second-order valence-corrected chi connectivity index (χ2v) is 4.42. The molecular weight excluding hydrogens is 282 g/mol. The number of methoxy groups -OCH3 is 1. The molecule has 21 heavy (non-hydrogen) atoms. The van der Waals surface area contributed by atoms with E-state index in [-0.39, 0.29) is 11.3 Å². The highest BCUT2D eigenvalue weighted by atomic mass is 19.1. The molecule has 0 atom stereocenters. The van der Waals surface area contributed by atoms with Crippen molar-refractivity contribution in [2.75, 3.05) is 39.2 Å². The lowest BCUT2D eigenvalue weighted by molar-refractivity contribution is 0.0686. The van der Waals surface area contributed by atoms with Gasteiger partial charge in [-0.2, -0.15) is 0 Å². The topological polar surface area (TPSA) is 73.6 Å². The van der Waals surface area contributed by atoms with Gasteiger partial charge in [-0.3, -0.25) is 4.79 Å². The summed E-state index contributed by atoms with van der Waals surface area (Å²) < 4.78 is 36.8. The average Bonchev–Trinajstić information content (AvgIpc) is 2.45. The van der Waals surface area contributed by atoms with Gasteiger partial charge in [0.05, 0.1) is 24.5 Å². The first-order valence-corrected chi connectivity index (χ1v) is 6.65. The van der Waals surface area contributed by atoms with Gasteiger partial charge in [0.15, 0.2) is 5.82 Å². The minimum absolute atomic E-state index is 0.350. The third-order valence-corrected chi connectivity index (χ3v) is 2.74. The standard InChI is InChI=1S/C14H20F2N2O3/c1-20-6-7-21-5-3-2-4-18-14(19)11-8-10(15)9-12(17)13(11)16/h8-9H,2-7,17H2,1H3,(H,18,19). The first-order valence-electron chi connectivity index (χ1n) is 6.65. The third kappa shape index (κ3) is 6.05. The summed E-state index contributed by atoms with van der Waals surface area (Å²) in [5.41, 5.74) is 4.50. The summed E-state index contributed by atoms with van der Waals surface area (Å²) in [6, 6.07) is 1.67. The molecule has 1 aromatic carbocycles. The number of unbranched alkanes of at least 4 members (excludes halogenated alkanes) is 1. The van der Waals surface area contributed by atoms with Gasteiger partial charge in [-0.05, 0) is 25.0 Å². The minimum atomic E-state index is -0.906. The van der Waals surface area contributed by atoms with Crippen molar-refractivity contribution in [1.82, 2.24) is 5.32 Å². The number of hydrogen-bond donors (Lipinski definition) is 2. The number of carbonyl (C=O) groups is 1. The Balaban J connectivity index is 2.28. The maximum Gasteiger partial charge on any atom is 0.254 e. The van der Waals surface area contributed by atoms with Gasteiger partial charge in [0.2, 0.25) is 0 Å². The van der Waals surface area contributed by atoms with Gasteiger partial charge >= 0.3 is 0 Å². The van der Waals surface area contributed by atoms with E-state index in [1.165, 1.54) is 0 Å². The lowest BCUT2D eigenvalue weighted by Crippen LogP contribution is -2.26. The molecule has 0 aromatic heterocycles. The molecule has 1 aromatic rings. The molecule has 0 aliphatic carbocycles. The van der Waals surface area contributed by atoms with E-state index in [9.17, 15) is 13.6 Å². The number of halogens is 2. The lowest BCUT2D eigenvalue weighted by atomic mass is 10.1. The molecule has 7 heteroatoms. The monoisotopic (exact) mass is 302 g/mol. The normalized spacial score (nSPS) is 10.6. The molecule has 0 radical (unpaired) electrons. The smallest absolute Gasteiger partial charge is 0.254 e. The summed E-state index contributed by atoms with van der Waals surface area (Å²) in [5, 5.41) is 2.51. The first kappa shape index (κ1) is 17.3. The van der Waals surface area contributed by atoms with Crippen molar-refractivity contribution in [3.05, 3.63) is 29.3 Å². The highest BCUT2D eigenvalue weighted by Crippen LogP contribution is 2.17. The predicted octanol–water partition coefficient (Wildman–Crippen LogP) is 1.72. The van der Waals surface area contributed by atoms with Gasteiger partial charge < -0.3 is 20.5 Å².